The molecule has 2 heteroatoms. The van der Waals surface area contributed by atoms with Crippen molar-refractivity contribution >= 4 is 23.5 Å². The van der Waals surface area contributed by atoms with E-state index in [1.807, 2.05) is 0 Å². The molecule has 0 spiro atoms. The van der Waals surface area contributed by atoms with E-state index in [0.717, 1.165) is 0 Å². The van der Waals surface area contributed by atoms with E-state index >= 15 is 0 Å². The number of rotatable bonds is 0. The molecule has 0 aliphatic carbocycles. The highest BCUT2D eigenvalue weighted by Gasteiger charge is 2.21. The molecular weight excluding hydrogens is 136 g/mol. The average molecular weight is 148 g/mol. The maximum absolute atomic E-state index is 2.34. The third kappa shape index (κ3) is 1.90. The lowest BCUT2D eigenvalue weighted by Crippen LogP contribution is -2.21. The van der Waals surface area contributed by atoms with Crippen molar-refractivity contribution in [3.05, 3.63) is 0 Å². The minimum absolute atomic E-state index is 0.605. The van der Waals surface area contributed by atoms with E-state index in [0.29, 0.717) is 5.41 Å². The van der Waals surface area contributed by atoms with Gasteiger partial charge in [-0.15, -0.1) is 0 Å². The Labute approximate surface area is 59.8 Å². The van der Waals surface area contributed by atoms with Gasteiger partial charge in [0.05, 0.1) is 0 Å². The molecule has 0 nitrogen and oxygen atoms in total. The Morgan fingerprint density at radius 1 is 1.12 bits per heavy atom. The molecule has 1 rings (SSSR count). The van der Waals surface area contributed by atoms with E-state index in [2.05, 4.69) is 37.4 Å². The fourth-order valence-electron chi connectivity index (χ4n) is 0.737. The minimum atomic E-state index is 0.605. The summed E-state index contributed by atoms with van der Waals surface area (Å²) in [4.78, 5) is 0. The highest BCUT2D eigenvalue weighted by Crippen LogP contribution is 2.33. The molecule has 1 fully saturated rings. The molecule has 0 amide bonds. The standard InChI is InChI=1S/C6H12S2/c1-6(2)3-7-5-8-4-6/h3-5H2,1-2H3. The van der Waals surface area contributed by atoms with Crippen molar-refractivity contribution in [2.45, 2.75) is 13.8 Å². The van der Waals surface area contributed by atoms with Crippen LogP contribution in [-0.4, -0.2) is 16.6 Å². The van der Waals surface area contributed by atoms with Crippen LogP contribution in [0, 0.1) is 5.41 Å². The molecule has 0 radical (unpaired) electrons. The van der Waals surface area contributed by atoms with Crippen molar-refractivity contribution in [2.75, 3.05) is 16.6 Å². The van der Waals surface area contributed by atoms with Crippen molar-refractivity contribution in [1.29, 1.82) is 0 Å². The first-order valence-electron chi connectivity index (χ1n) is 2.86. The Balaban J connectivity index is 2.33. The van der Waals surface area contributed by atoms with Crippen LogP contribution >= 0.6 is 23.5 Å². The van der Waals surface area contributed by atoms with Crippen molar-refractivity contribution in [3.8, 4) is 0 Å². The van der Waals surface area contributed by atoms with Gasteiger partial charge in [-0.05, 0) is 5.41 Å². The third-order valence-electron chi connectivity index (χ3n) is 1.15. The molecule has 0 bridgehead atoms. The van der Waals surface area contributed by atoms with Crippen LogP contribution in [0.4, 0.5) is 0 Å². The smallest absolute Gasteiger partial charge is 0.0392 e. The SMILES string of the molecule is CC1(C)CSCSC1. The van der Waals surface area contributed by atoms with Gasteiger partial charge in [0.15, 0.2) is 0 Å². The molecule has 8 heavy (non-hydrogen) atoms. The van der Waals surface area contributed by atoms with Gasteiger partial charge < -0.3 is 0 Å². The number of hydrogen-bond donors (Lipinski definition) is 0. The molecule has 0 N–H and O–H groups in total. The summed E-state index contributed by atoms with van der Waals surface area (Å²) >= 11 is 4.13. The summed E-state index contributed by atoms with van der Waals surface area (Å²) in [7, 11) is 0. The van der Waals surface area contributed by atoms with Crippen LogP contribution in [0.2, 0.25) is 0 Å². The zero-order valence-electron chi connectivity index (χ0n) is 5.44. The summed E-state index contributed by atoms with van der Waals surface area (Å²) in [6, 6.07) is 0. The molecular formula is C6H12S2. The van der Waals surface area contributed by atoms with E-state index in [1.54, 1.807) is 0 Å². The quantitative estimate of drug-likeness (QED) is 0.517. The van der Waals surface area contributed by atoms with Crippen LogP contribution < -0.4 is 0 Å². The monoisotopic (exact) mass is 148 g/mol. The lowest BCUT2D eigenvalue weighted by atomic mass is 10.0. The van der Waals surface area contributed by atoms with Gasteiger partial charge in [0.2, 0.25) is 0 Å². The predicted octanol–water partition coefficient (Wildman–Crippen LogP) is 2.45. The van der Waals surface area contributed by atoms with Gasteiger partial charge in [-0.25, -0.2) is 0 Å². The molecule has 1 aliphatic rings. The zero-order chi connectivity index (χ0) is 6.04. The van der Waals surface area contributed by atoms with Gasteiger partial charge in [-0.2, -0.15) is 23.5 Å². The van der Waals surface area contributed by atoms with Crippen LogP contribution in [0.15, 0.2) is 0 Å². The van der Waals surface area contributed by atoms with Crippen molar-refractivity contribution in [2.24, 2.45) is 5.41 Å². The largest absolute Gasteiger partial charge is 0.150 e. The maximum Gasteiger partial charge on any atom is 0.0392 e. The predicted molar refractivity (Wildman–Crippen MR) is 43.6 cm³/mol. The van der Waals surface area contributed by atoms with E-state index < -0.39 is 0 Å². The Bertz CT molecular complexity index is 70.6. The average Bonchev–Trinajstić information content (AvgIpc) is 1.65. The Morgan fingerprint density at radius 2 is 1.62 bits per heavy atom. The molecule has 0 atom stereocenters. The topological polar surface area (TPSA) is 0 Å². The summed E-state index contributed by atoms with van der Waals surface area (Å²) < 4.78 is 0. The molecule has 1 aliphatic heterocycles. The first-order valence-corrected chi connectivity index (χ1v) is 5.17. The maximum atomic E-state index is 2.34. The summed E-state index contributed by atoms with van der Waals surface area (Å²) in [5.41, 5.74) is 0.605. The Hall–Kier alpha value is 0.700. The summed E-state index contributed by atoms with van der Waals surface area (Å²) in [6.07, 6.45) is 0. The van der Waals surface area contributed by atoms with Crippen LogP contribution in [0.3, 0.4) is 0 Å². The Kier molecular flexibility index (Phi) is 2.15. The Morgan fingerprint density at radius 3 is 1.88 bits per heavy atom. The van der Waals surface area contributed by atoms with E-state index in [-0.39, 0.29) is 0 Å². The molecule has 0 saturated carbocycles. The zero-order valence-corrected chi connectivity index (χ0v) is 7.07. The van der Waals surface area contributed by atoms with Gasteiger partial charge in [0.1, 0.15) is 0 Å². The second-order valence-electron chi connectivity index (χ2n) is 2.98. The van der Waals surface area contributed by atoms with Crippen molar-refractivity contribution in [3.63, 3.8) is 0 Å². The lowest BCUT2D eigenvalue weighted by molar-refractivity contribution is 0.490. The number of thioether (sulfide) groups is 2. The third-order valence-corrected chi connectivity index (χ3v) is 4.46. The summed E-state index contributed by atoms with van der Waals surface area (Å²) in [6.45, 7) is 4.68. The molecule has 0 aromatic rings. The molecule has 0 aromatic heterocycles. The van der Waals surface area contributed by atoms with Gasteiger partial charge >= 0.3 is 0 Å². The molecule has 1 saturated heterocycles. The van der Waals surface area contributed by atoms with Gasteiger partial charge in [0.25, 0.3) is 0 Å². The van der Waals surface area contributed by atoms with Crippen LogP contribution in [0.25, 0.3) is 0 Å². The normalized spacial score (nSPS) is 27.8. The molecule has 0 unspecified atom stereocenters. The highest BCUT2D eigenvalue weighted by atomic mass is 32.2. The molecule has 48 valence electrons. The molecule has 0 aromatic carbocycles. The fourth-order valence-corrected chi connectivity index (χ4v) is 3.31. The minimum Gasteiger partial charge on any atom is -0.150 e. The van der Waals surface area contributed by atoms with Crippen LogP contribution in [-0.2, 0) is 0 Å². The van der Waals surface area contributed by atoms with Crippen molar-refractivity contribution < 1.29 is 0 Å². The fraction of sp³-hybridized carbons (Fsp3) is 1.00. The van der Waals surface area contributed by atoms with E-state index in [9.17, 15) is 0 Å². The lowest BCUT2D eigenvalue weighted by Gasteiger charge is -2.27. The van der Waals surface area contributed by atoms with Crippen LogP contribution in [0.5, 0.6) is 0 Å². The summed E-state index contributed by atoms with van der Waals surface area (Å²) in [5.74, 6) is 2.69. The first kappa shape index (κ1) is 6.81. The van der Waals surface area contributed by atoms with E-state index in [4.69, 9.17) is 0 Å². The van der Waals surface area contributed by atoms with Crippen molar-refractivity contribution in [1.82, 2.24) is 0 Å². The van der Waals surface area contributed by atoms with Gasteiger partial charge in [-0.1, -0.05) is 13.8 Å². The highest BCUT2D eigenvalue weighted by molar-refractivity contribution is 8.16. The first-order chi connectivity index (χ1) is 3.71. The number of hydrogen-bond acceptors (Lipinski definition) is 2. The van der Waals surface area contributed by atoms with Gasteiger partial charge in [-0.3, -0.25) is 0 Å². The van der Waals surface area contributed by atoms with Crippen LogP contribution in [0.1, 0.15) is 13.8 Å². The second-order valence-corrected chi connectivity index (χ2v) is 5.32. The second kappa shape index (κ2) is 2.53. The van der Waals surface area contributed by atoms with E-state index in [1.165, 1.54) is 16.6 Å². The molecule has 1 heterocycles. The van der Waals surface area contributed by atoms with Gasteiger partial charge in [0, 0.05) is 16.6 Å². The summed E-state index contributed by atoms with van der Waals surface area (Å²) in [5, 5.41) is 1.31.